The summed E-state index contributed by atoms with van der Waals surface area (Å²) < 4.78 is 0. The second-order valence-electron chi connectivity index (χ2n) is 8.96. The van der Waals surface area contributed by atoms with Crippen LogP contribution in [0.15, 0.2) is 24.3 Å². The molecule has 2 atom stereocenters. The molecule has 6 rings (SSSR count). The monoisotopic (exact) mass is 340 g/mol. The molecule has 2 unspecified atom stereocenters. The molecule has 4 aliphatic carbocycles. The van der Waals surface area contributed by atoms with Gasteiger partial charge in [0.05, 0.1) is 5.60 Å². The van der Waals surface area contributed by atoms with Gasteiger partial charge in [-0.25, -0.2) is 4.79 Å². The molecule has 1 N–H and O–H groups in total. The molecule has 4 saturated carbocycles. The Morgan fingerprint density at radius 3 is 2.64 bits per heavy atom. The summed E-state index contributed by atoms with van der Waals surface area (Å²) in [6.45, 7) is 0.814. The minimum Gasteiger partial charge on any atom is -0.390 e. The van der Waals surface area contributed by atoms with Crippen LogP contribution in [0, 0.1) is 17.8 Å². The van der Waals surface area contributed by atoms with E-state index in [2.05, 4.69) is 18.2 Å². The van der Waals surface area contributed by atoms with E-state index in [0.717, 1.165) is 44.3 Å². The van der Waals surface area contributed by atoms with Gasteiger partial charge in [-0.2, -0.15) is 0 Å². The molecule has 25 heavy (non-hydrogen) atoms. The maximum Gasteiger partial charge on any atom is 0.324 e. The van der Waals surface area contributed by atoms with Crippen LogP contribution in [0.4, 0.5) is 10.5 Å². The Balaban J connectivity index is 1.40. The number of amides is 2. The van der Waals surface area contributed by atoms with E-state index >= 15 is 0 Å². The summed E-state index contributed by atoms with van der Waals surface area (Å²) in [6.07, 6.45) is 7.25. The molecule has 1 aliphatic heterocycles. The third-order valence-corrected chi connectivity index (χ3v) is 7.28. The number of hydrogen-bond donors (Lipinski definition) is 1. The van der Waals surface area contributed by atoms with E-state index in [-0.39, 0.29) is 6.03 Å². The van der Waals surface area contributed by atoms with Gasteiger partial charge in [0, 0.05) is 25.3 Å². The number of nitrogens with zero attached hydrogens (tertiary/aromatic N) is 2. The molecule has 134 valence electrons. The lowest BCUT2D eigenvalue weighted by Crippen LogP contribution is -2.63. The number of anilines is 1. The number of fused-ring (bicyclic) bond motifs is 1. The van der Waals surface area contributed by atoms with Gasteiger partial charge in [-0.05, 0) is 74.3 Å². The topological polar surface area (TPSA) is 43.8 Å². The smallest absolute Gasteiger partial charge is 0.324 e. The average molecular weight is 340 g/mol. The summed E-state index contributed by atoms with van der Waals surface area (Å²) in [5.41, 5.74) is 1.94. The fourth-order valence-electron chi connectivity index (χ4n) is 6.64. The number of carbonyl (C=O) groups excluding carboxylic acids is 1. The molecule has 0 saturated heterocycles. The van der Waals surface area contributed by atoms with Gasteiger partial charge in [0.25, 0.3) is 0 Å². The maximum atomic E-state index is 13.4. The molecule has 0 radical (unpaired) electrons. The first kappa shape index (κ1) is 15.7. The highest BCUT2D eigenvalue weighted by molar-refractivity contribution is 5.93. The van der Waals surface area contributed by atoms with Crippen LogP contribution in [0.3, 0.4) is 0 Å². The molecule has 1 aromatic carbocycles. The van der Waals surface area contributed by atoms with Crippen molar-refractivity contribution in [2.24, 2.45) is 17.8 Å². The summed E-state index contributed by atoms with van der Waals surface area (Å²) in [6, 6.07) is 8.78. The average Bonchev–Trinajstić information content (AvgIpc) is 2.58. The van der Waals surface area contributed by atoms with Crippen LogP contribution in [0.5, 0.6) is 0 Å². The first-order valence-electron chi connectivity index (χ1n) is 9.89. The summed E-state index contributed by atoms with van der Waals surface area (Å²) in [7, 11) is 2.00. The van der Waals surface area contributed by atoms with Crippen LogP contribution in [-0.2, 0) is 6.42 Å². The molecular formula is C21H28N2O2. The molecule has 0 aromatic heterocycles. The van der Waals surface area contributed by atoms with Gasteiger partial charge in [0.1, 0.15) is 0 Å². The first-order chi connectivity index (χ1) is 12.0. The zero-order valence-corrected chi connectivity index (χ0v) is 15.0. The Kier molecular flexibility index (Phi) is 3.43. The summed E-state index contributed by atoms with van der Waals surface area (Å²) in [4.78, 5) is 17.4. The Morgan fingerprint density at radius 1 is 1.20 bits per heavy atom. The molecule has 4 bridgehead atoms. The molecule has 4 fully saturated rings. The quantitative estimate of drug-likeness (QED) is 0.851. The third-order valence-electron chi connectivity index (χ3n) is 7.28. The number of carbonyl (C=O) groups is 1. The highest BCUT2D eigenvalue weighted by Crippen LogP contribution is 2.56. The van der Waals surface area contributed by atoms with Crippen molar-refractivity contribution in [3.05, 3.63) is 29.8 Å². The van der Waals surface area contributed by atoms with E-state index in [4.69, 9.17) is 0 Å². The second-order valence-corrected chi connectivity index (χ2v) is 8.96. The lowest BCUT2D eigenvalue weighted by Gasteiger charge is -2.60. The van der Waals surface area contributed by atoms with Crippen LogP contribution in [0.2, 0.25) is 0 Å². The van der Waals surface area contributed by atoms with Gasteiger partial charge in [-0.3, -0.25) is 4.90 Å². The maximum absolute atomic E-state index is 13.4. The zero-order chi connectivity index (χ0) is 17.2. The Hall–Kier alpha value is -1.55. The zero-order valence-electron chi connectivity index (χ0n) is 15.0. The molecule has 1 heterocycles. The number of para-hydroxylation sites is 1. The standard InChI is InChI=1S/C21H28N2O2/c1-22(19-16-9-14-10-17(19)13-21(25,11-14)12-16)20(24)23-8-4-6-15-5-2-3-7-18(15)23/h2-3,5,7,14,16-17,19,25H,4,6,8-13H2,1H3/t14?,16?,17?,19-,21-. The normalized spacial score (nSPS) is 38.6. The number of urea groups is 1. The fraction of sp³-hybridized carbons (Fsp3) is 0.667. The molecule has 1 aromatic rings. The van der Waals surface area contributed by atoms with Crippen LogP contribution < -0.4 is 4.90 Å². The molecule has 4 heteroatoms. The van der Waals surface area contributed by atoms with Crippen LogP contribution in [0.1, 0.15) is 44.1 Å². The SMILES string of the molecule is CN(C(=O)N1CCCc2ccccc21)[C@H]1C2CC3CC1C[C@](O)(C3)C2. The van der Waals surface area contributed by atoms with Crippen molar-refractivity contribution >= 4 is 11.7 Å². The van der Waals surface area contributed by atoms with Gasteiger partial charge >= 0.3 is 6.03 Å². The van der Waals surface area contributed by atoms with Crippen molar-refractivity contribution in [1.82, 2.24) is 4.90 Å². The van der Waals surface area contributed by atoms with Crippen molar-refractivity contribution in [1.29, 1.82) is 0 Å². The van der Waals surface area contributed by atoms with E-state index in [1.165, 1.54) is 18.4 Å². The molecule has 2 amide bonds. The highest BCUT2D eigenvalue weighted by Gasteiger charge is 2.56. The molecule has 5 aliphatic rings. The van der Waals surface area contributed by atoms with Crippen molar-refractivity contribution in [2.45, 2.75) is 56.6 Å². The third kappa shape index (κ3) is 2.41. The predicted octanol–water partition coefficient (Wildman–Crippen LogP) is 3.43. The number of hydrogen-bond acceptors (Lipinski definition) is 2. The van der Waals surface area contributed by atoms with Crippen LogP contribution in [-0.4, -0.2) is 41.3 Å². The lowest BCUT2D eigenvalue weighted by atomic mass is 9.52. The van der Waals surface area contributed by atoms with E-state index in [0.29, 0.717) is 23.8 Å². The fourth-order valence-corrected chi connectivity index (χ4v) is 6.64. The van der Waals surface area contributed by atoms with Gasteiger partial charge in [-0.15, -0.1) is 0 Å². The first-order valence-corrected chi connectivity index (χ1v) is 9.89. The van der Waals surface area contributed by atoms with Crippen molar-refractivity contribution < 1.29 is 9.90 Å². The minimum absolute atomic E-state index is 0.150. The van der Waals surface area contributed by atoms with E-state index < -0.39 is 5.60 Å². The van der Waals surface area contributed by atoms with Crippen LogP contribution in [0.25, 0.3) is 0 Å². The molecule has 0 spiro atoms. The molecular weight excluding hydrogens is 312 g/mol. The van der Waals surface area contributed by atoms with Crippen molar-refractivity contribution in [2.75, 3.05) is 18.5 Å². The number of aryl methyl sites for hydroxylation is 1. The van der Waals surface area contributed by atoms with E-state index in [1.807, 2.05) is 22.9 Å². The van der Waals surface area contributed by atoms with Gasteiger partial charge in [-0.1, -0.05) is 18.2 Å². The Bertz CT molecular complexity index is 687. The van der Waals surface area contributed by atoms with Crippen molar-refractivity contribution in [3.63, 3.8) is 0 Å². The van der Waals surface area contributed by atoms with Crippen LogP contribution >= 0.6 is 0 Å². The molecule has 4 nitrogen and oxygen atoms in total. The largest absolute Gasteiger partial charge is 0.390 e. The summed E-state index contributed by atoms with van der Waals surface area (Å²) in [5, 5.41) is 10.8. The highest BCUT2D eigenvalue weighted by atomic mass is 16.3. The summed E-state index contributed by atoms with van der Waals surface area (Å²) >= 11 is 0. The number of rotatable bonds is 1. The van der Waals surface area contributed by atoms with Gasteiger partial charge in [0.2, 0.25) is 0 Å². The second kappa shape index (κ2) is 5.47. The Labute approximate surface area is 149 Å². The minimum atomic E-state index is -0.436. The number of benzene rings is 1. The number of aliphatic hydroxyl groups is 1. The van der Waals surface area contributed by atoms with Gasteiger partial charge in [0.15, 0.2) is 0 Å². The van der Waals surface area contributed by atoms with Crippen molar-refractivity contribution in [3.8, 4) is 0 Å². The van der Waals surface area contributed by atoms with Gasteiger partial charge < -0.3 is 10.0 Å². The van der Waals surface area contributed by atoms with E-state index in [1.54, 1.807) is 0 Å². The summed E-state index contributed by atoms with van der Waals surface area (Å²) in [5.74, 6) is 1.63. The Morgan fingerprint density at radius 2 is 1.92 bits per heavy atom. The lowest BCUT2D eigenvalue weighted by molar-refractivity contribution is -0.151. The predicted molar refractivity (Wildman–Crippen MR) is 97.6 cm³/mol. The van der Waals surface area contributed by atoms with E-state index in [9.17, 15) is 9.90 Å².